The van der Waals surface area contributed by atoms with E-state index in [0.717, 1.165) is 0 Å². The molecule has 0 radical (unpaired) electrons. The summed E-state index contributed by atoms with van der Waals surface area (Å²) in [7, 11) is 0. The van der Waals surface area contributed by atoms with E-state index in [1.54, 1.807) is 71.6 Å². The lowest BCUT2D eigenvalue weighted by molar-refractivity contribution is -0.121. The number of ketones is 1. The first-order valence-corrected chi connectivity index (χ1v) is 10.5. The number of hydrogen-bond donors (Lipinski definition) is 1. The van der Waals surface area contributed by atoms with Gasteiger partial charge in [-0.2, -0.15) is 0 Å². The Hall–Kier alpha value is -3.64. The molecule has 7 heteroatoms. The molecular weight excluding hydrogens is 428 g/mol. The number of carbonyl (C=O) groups is 3. The molecule has 0 spiro atoms. The molecule has 1 aliphatic heterocycles. The lowest BCUT2D eigenvalue weighted by atomic mass is 10.0. The summed E-state index contributed by atoms with van der Waals surface area (Å²) in [6, 6.07) is 20.2. The van der Waals surface area contributed by atoms with Crippen LogP contribution in [0.4, 0.5) is 11.4 Å². The molecule has 0 fully saturated rings. The maximum Gasteiger partial charge on any atom is 0.265 e. The van der Waals surface area contributed by atoms with Crippen LogP contribution in [0, 0.1) is 0 Å². The number of nitrogens with one attached hydrogen (secondary N) is 1. The van der Waals surface area contributed by atoms with Crippen molar-refractivity contribution in [1.29, 1.82) is 0 Å². The molecule has 3 aromatic carbocycles. The zero-order valence-corrected chi connectivity index (χ0v) is 18.1. The maximum atomic E-state index is 13.0. The number of halogens is 1. The number of ether oxygens (including phenoxy) is 1. The summed E-state index contributed by atoms with van der Waals surface area (Å²) in [5.74, 6) is -0.0581. The Morgan fingerprint density at radius 1 is 1.00 bits per heavy atom. The van der Waals surface area contributed by atoms with Crippen molar-refractivity contribution in [2.45, 2.75) is 19.4 Å². The van der Waals surface area contributed by atoms with Gasteiger partial charge in [0.1, 0.15) is 5.75 Å². The fraction of sp³-hybridized carbons (Fsp3) is 0.160. The van der Waals surface area contributed by atoms with Gasteiger partial charge in [0.25, 0.3) is 5.91 Å². The van der Waals surface area contributed by atoms with Gasteiger partial charge in [-0.1, -0.05) is 23.7 Å². The molecule has 0 aromatic heterocycles. The highest BCUT2D eigenvalue weighted by molar-refractivity contribution is 6.30. The highest BCUT2D eigenvalue weighted by atomic mass is 35.5. The van der Waals surface area contributed by atoms with Gasteiger partial charge in [-0.3, -0.25) is 14.4 Å². The summed E-state index contributed by atoms with van der Waals surface area (Å²) >= 11 is 5.87. The van der Waals surface area contributed by atoms with E-state index in [0.29, 0.717) is 33.3 Å². The predicted molar refractivity (Wildman–Crippen MR) is 123 cm³/mol. The predicted octanol–water partition coefficient (Wildman–Crippen LogP) is 4.71. The normalized spacial score (nSPS) is 15.4. The molecule has 1 heterocycles. The second-order valence-electron chi connectivity index (χ2n) is 7.53. The average Bonchev–Trinajstić information content (AvgIpc) is 2.92. The third-order valence-corrected chi connectivity index (χ3v) is 5.47. The van der Waals surface area contributed by atoms with Crippen LogP contribution in [-0.4, -0.2) is 30.2 Å². The molecule has 0 bridgehead atoms. The number of hydrogen-bond acceptors (Lipinski definition) is 4. The lowest BCUT2D eigenvalue weighted by Crippen LogP contribution is -2.41. The Kier molecular flexibility index (Phi) is 6.23. The van der Waals surface area contributed by atoms with Crippen LogP contribution in [0.15, 0.2) is 72.8 Å². The number of carbonyl (C=O) groups excluding carboxylic acids is 3. The minimum absolute atomic E-state index is 0.128. The molecule has 3 aromatic rings. The van der Waals surface area contributed by atoms with Crippen molar-refractivity contribution >= 4 is 40.6 Å². The third kappa shape index (κ3) is 4.65. The first-order chi connectivity index (χ1) is 15.4. The molecule has 4 rings (SSSR count). The highest BCUT2D eigenvalue weighted by Crippen LogP contribution is 2.31. The number of amides is 2. The van der Waals surface area contributed by atoms with Crippen molar-refractivity contribution in [3.05, 3.63) is 88.9 Å². The van der Waals surface area contributed by atoms with Gasteiger partial charge >= 0.3 is 0 Å². The van der Waals surface area contributed by atoms with E-state index in [-0.39, 0.29) is 36.7 Å². The Morgan fingerprint density at radius 2 is 1.62 bits per heavy atom. The number of anilines is 2. The van der Waals surface area contributed by atoms with E-state index in [9.17, 15) is 14.4 Å². The van der Waals surface area contributed by atoms with E-state index in [1.165, 1.54) is 0 Å². The molecule has 1 N–H and O–H groups in total. The van der Waals surface area contributed by atoms with Crippen molar-refractivity contribution in [2.24, 2.45) is 0 Å². The molecule has 162 valence electrons. The van der Waals surface area contributed by atoms with Crippen molar-refractivity contribution in [1.82, 2.24) is 0 Å². The van der Waals surface area contributed by atoms with E-state index < -0.39 is 0 Å². The number of para-hydroxylation sites is 2. The smallest absolute Gasteiger partial charge is 0.265 e. The Labute approximate surface area is 190 Å². The van der Waals surface area contributed by atoms with E-state index >= 15 is 0 Å². The zero-order chi connectivity index (χ0) is 22.7. The fourth-order valence-corrected chi connectivity index (χ4v) is 3.78. The van der Waals surface area contributed by atoms with Crippen LogP contribution in [0.25, 0.3) is 0 Å². The average molecular weight is 449 g/mol. The number of nitrogens with zero attached hydrogens (tertiary/aromatic N) is 1. The minimum atomic E-state index is -0.311. The number of rotatable bonds is 5. The summed E-state index contributed by atoms with van der Waals surface area (Å²) in [6.45, 7) is 1.63. The molecular formula is C25H21ClN2O4. The van der Waals surface area contributed by atoms with Crippen molar-refractivity contribution in [3.63, 3.8) is 0 Å². The van der Waals surface area contributed by atoms with Crippen molar-refractivity contribution in [3.8, 4) is 5.75 Å². The van der Waals surface area contributed by atoms with Gasteiger partial charge in [-0.15, -0.1) is 0 Å². The quantitative estimate of drug-likeness (QED) is 0.573. The van der Waals surface area contributed by atoms with Crippen LogP contribution in [0.2, 0.25) is 5.02 Å². The molecule has 0 saturated heterocycles. The second kappa shape index (κ2) is 9.24. The fourth-order valence-electron chi connectivity index (χ4n) is 3.65. The first-order valence-electron chi connectivity index (χ1n) is 10.2. The molecule has 1 atom stereocenters. The molecule has 6 nitrogen and oxygen atoms in total. The van der Waals surface area contributed by atoms with Gasteiger partial charge in [0.2, 0.25) is 5.91 Å². The van der Waals surface area contributed by atoms with Crippen LogP contribution in [0.3, 0.4) is 0 Å². The summed E-state index contributed by atoms with van der Waals surface area (Å²) in [6.07, 6.45) is 0.196. The summed E-state index contributed by atoms with van der Waals surface area (Å²) in [5, 5.41) is 3.40. The van der Waals surface area contributed by atoms with Crippen molar-refractivity contribution in [2.75, 3.05) is 16.8 Å². The van der Waals surface area contributed by atoms with Gasteiger partial charge in [-0.25, -0.2) is 0 Å². The van der Waals surface area contributed by atoms with Crippen LogP contribution >= 0.6 is 11.6 Å². The third-order valence-electron chi connectivity index (χ3n) is 5.21. The second-order valence-corrected chi connectivity index (χ2v) is 7.97. The molecule has 0 unspecified atom stereocenters. The Morgan fingerprint density at radius 3 is 2.31 bits per heavy atom. The van der Waals surface area contributed by atoms with E-state index in [4.69, 9.17) is 16.3 Å². The summed E-state index contributed by atoms with van der Waals surface area (Å²) < 4.78 is 5.68. The van der Waals surface area contributed by atoms with Crippen LogP contribution in [0.1, 0.15) is 29.3 Å². The van der Waals surface area contributed by atoms with Crippen LogP contribution in [-0.2, 0) is 9.59 Å². The standard InChI is InChI=1S/C25H21ClN2O4/c1-16-14-23(29)27-21-4-2-3-5-22(21)28(16)24(30)15-32-20-12-8-18(9-13-20)25(31)17-6-10-19(26)11-7-17/h2-13,16H,14-15H2,1H3,(H,27,29)/t16-/m1/s1. The molecule has 1 aliphatic rings. The molecule has 32 heavy (non-hydrogen) atoms. The monoisotopic (exact) mass is 448 g/mol. The Balaban J connectivity index is 1.44. The summed E-state index contributed by atoms with van der Waals surface area (Å²) in [5.41, 5.74) is 2.28. The van der Waals surface area contributed by atoms with Gasteiger partial charge in [0.15, 0.2) is 12.4 Å². The van der Waals surface area contributed by atoms with E-state index in [2.05, 4.69) is 5.32 Å². The maximum absolute atomic E-state index is 13.0. The highest BCUT2D eigenvalue weighted by Gasteiger charge is 2.29. The minimum Gasteiger partial charge on any atom is -0.484 e. The first kappa shape index (κ1) is 21.6. The van der Waals surface area contributed by atoms with Crippen LogP contribution < -0.4 is 15.0 Å². The van der Waals surface area contributed by atoms with Crippen molar-refractivity contribution < 1.29 is 19.1 Å². The van der Waals surface area contributed by atoms with Crippen LogP contribution in [0.5, 0.6) is 5.75 Å². The zero-order valence-electron chi connectivity index (χ0n) is 17.4. The SMILES string of the molecule is C[C@@H]1CC(=O)Nc2ccccc2N1C(=O)COc1ccc(C(=O)c2ccc(Cl)cc2)cc1. The largest absolute Gasteiger partial charge is 0.484 e. The number of benzene rings is 3. The molecule has 0 saturated carbocycles. The van der Waals surface area contributed by atoms with Gasteiger partial charge in [-0.05, 0) is 67.6 Å². The topological polar surface area (TPSA) is 75.7 Å². The van der Waals surface area contributed by atoms with Gasteiger partial charge in [0.05, 0.1) is 11.4 Å². The van der Waals surface area contributed by atoms with Gasteiger partial charge in [0, 0.05) is 28.6 Å². The lowest BCUT2D eigenvalue weighted by Gasteiger charge is -2.27. The summed E-state index contributed by atoms with van der Waals surface area (Å²) in [4.78, 5) is 39.2. The van der Waals surface area contributed by atoms with Gasteiger partial charge < -0.3 is 15.0 Å². The Bertz CT molecular complexity index is 1160. The number of fused-ring (bicyclic) bond motifs is 1. The molecule has 0 aliphatic carbocycles. The van der Waals surface area contributed by atoms with E-state index in [1.807, 2.05) is 13.0 Å². The molecule has 2 amide bonds.